The summed E-state index contributed by atoms with van der Waals surface area (Å²) in [6.45, 7) is 4.29. The van der Waals surface area contributed by atoms with Crippen molar-refractivity contribution in [3.63, 3.8) is 0 Å². The molecule has 3 N–H and O–H groups in total. The molecule has 8 rings (SSSR count). The minimum Gasteiger partial charge on any atom is -0.481 e. The predicted molar refractivity (Wildman–Crippen MR) is 214 cm³/mol. The van der Waals surface area contributed by atoms with Gasteiger partial charge in [-0.2, -0.15) is 0 Å². The van der Waals surface area contributed by atoms with Crippen LogP contribution in [-0.2, 0) is 20.5 Å². The van der Waals surface area contributed by atoms with Gasteiger partial charge in [-0.3, -0.25) is 18.8 Å². The molecule has 0 radical (unpaired) electrons. The van der Waals surface area contributed by atoms with Gasteiger partial charge in [0.2, 0.25) is 5.88 Å². The zero-order valence-corrected chi connectivity index (χ0v) is 32.8. The van der Waals surface area contributed by atoms with Crippen molar-refractivity contribution >= 4 is 40.0 Å². The molecule has 2 aliphatic heterocycles. The van der Waals surface area contributed by atoms with E-state index in [9.17, 15) is 28.3 Å². The van der Waals surface area contributed by atoms with Gasteiger partial charge in [-0.1, -0.05) is 41.9 Å². The Labute approximate surface area is 331 Å². The van der Waals surface area contributed by atoms with Crippen molar-refractivity contribution < 1.29 is 23.4 Å². The SMILES string of the molecule is COc1nc(-c2cccc(-c3cccc(Nc4nc(C(F)F)cc5c4c(=O)n(C)c(=O)n5C)c3C)c2Cl)cc2c1[C@@H](N1CC[C@]3(CCN(CCO)C(=O)N3)C1)CC2. The highest BCUT2D eigenvalue weighted by atomic mass is 35.5. The molecule has 1 spiro atoms. The Morgan fingerprint density at radius 1 is 1.04 bits per heavy atom. The van der Waals surface area contributed by atoms with Crippen LogP contribution in [0.3, 0.4) is 0 Å². The number of anilines is 2. The van der Waals surface area contributed by atoms with Crippen LogP contribution < -0.4 is 26.6 Å². The van der Waals surface area contributed by atoms with Crippen molar-refractivity contribution in [1.29, 1.82) is 0 Å². The number of amides is 2. The fourth-order valence-electron chi connectivity index (χ4n) is 8.81. The molecule has 16 heteroatoms. The number of fused-ring (bicyclic) bond motifs is 2. The van der Waals surface area contributed by atoms with Gasteiger partial charge < -0.3 is 25.4 Å². The number of carbonyl (C=O) groups is 1. The number of methoxy groups -OCH3 is 1. The monoisotopic (exact) mass is 800 g/mol. The van der Waals surface area contributed by atoms with E-state index in [1.807, 2.05) is 31.2 Å². The normalized spacial score (nSPS) is 19.5. The molecule has 57 heavy (non-hydrogen) atoms. The average molecular weight is 801 g/mol. The van der Waals surface area contributed by atoms with Gasteiger partial charge in [0, 0.05) is 68.7 Å². The summed E-state index contributed by atoms with van der Waals surface area (Å²) in [6.07, 6.45) is 0.431. The number of rotatable bonds is 9. The van der Waals surface area contributed by atoms with E-state index >= 15 is 0 Å². The van der Waals surface area contributed by atoms with E-state index in [1.165, 1.54) is 14.1 Å². The Hall–Kier alpha value is -5.38. The highest BCUT2D eigenvalue weighted by Gasteiger charge is 2.46. The summed E-state index contributed by atoms with van der Waals surface area (Å²) >= 11 is 7.24. The molecule has 2 aromatic carbocycles. The molecule has 0 bridgehead atoms. The maximum Gasteiger partial charge on any atom is 0.330 e. The summed E-state index contributed by atoms with van der Waals surface area (Å²) in [6, 6.07) is 14.3. The number of pyridine rings is 2. The van der Waals surface area contributed by atoms with Crippen molar-refractivity contribution in [2.75, 3.05) is 45.2 Å². The van der Waals surface area contributed by atoms with Gasteiger partial charge in [-0.05, 0) is 67.5 Å². The topological polar surface area (TPSA) is 147 Å². The third kappa shape index (κ3) is 6.60. The molecule has 298 valence electrons. The fourth-order valence-corrected chi connectivity index (χ4v) is 9.13. The quantitative estimate of drug-likeness (QED) is 0.167. The number of carbonyl (C=O) groups excluding carboxylic acids is 1. The summed E-state index contributed by atoms with van der Waals surface area (Å²) < 4.78 is 36.1. The lowest BCUT2D eigenvalue weighted by Crippen LogP contribution is -2.61. The third-order valence-corrected chi connectivity index (χ3v) is 12.3. The lowest BCUT2D eigenvalue weighted by molar-refractivity contribution is 0.127. The number of ether oxygens (including phenoxy) is 1. The molecular formula is C41H43ClF2N8O5. The number of aliphatic hydroxyl groups excluding tert-OH is 1. The maximum absolute atomic E-state index is 14.0. The Bertz CT molecular complexity index is 2560. The van der Waals surface area contributed by atoms with Gasteiger partial charge in [0.15, 0.2) is 0 Å². The summed E-state index contributed by atoms with van der Waals surface area (Å²) in [5, 5.41) is 16.2. The lowest BCUT2D eigenvalue weighted by Gasteiger charge is -2.40. The van der Waals surface area contributed by atoms with Gasteiger partial charge in [-0.15, -0.1) is 0 Å². The van der Waals surface area contributed by atoms with Crippen molar-refractivity contribution in [3.05, 3.63) is 96.8 Å². The van der Waals surface area contributed by atoms with E-state index < -0.39 is 23.4 Å². The molecule has 0 unspecified atom stereocenters. The Balaban J connectivity index is 1.11. The molecular weight excluding hydrogens is 758 g/mol. The maximum atomic E-state index is 14.0. The van der Waals surface area contributed by atoms with Crippen LogP contribution in [0.5, 0.6) is 5.88 Å². The summed E-state index contributed by atoms with van der Waals surface area (Å²) in [5.41, 5.74) is 4.09. The van der Waals surface area contributed by atoms with Crippen molar-refractivity contribution in [1.82, 2.24) is 34.2 Å². The number of nitrogens with one attached hydrogen (secondary N) is 2. The number of aliphatic hydroxyl groups is 1. The Kier molecular flexibility index (Phi) is 10.0. The van der Waals surface area contributed by atoms with Gasteiger partial charge in [0.1, 0.15) is 16.9 Å². The van der Waals surface area contributed by atoms with E-state index in [2.05, 4.69) is 26.6 Å². The standard InChI is InChI=1S/C41H43ClF2N8O5/c1-22-24(7-6-10-27(22)45-36-33-31(20-29(46-36)35(43)44)49(2)40(56)50(3)38(33)54)25-8-5-9-26(34(25)42)28-19-23-11-12-30(32(23)37(47-28)57-4)52-16-14-41(21-52)13-15-51(17-18-53)39(55)48-41/h5-10,19-20,30,35,53H,11-18,21H2,1-4H3,(H,45,46)(H,48,55)/t30-,41+/m0/s1. The van der Waals surface area contributed by atoms with Crippen LogP contribution in [0.4, 0.5) is 25.1 Å². The lowest BCUT2D eigenvalue weighted by atomic mass is 9.92. The highest BCUT2D eigenvalue weighted by molar-refractivity contribution is 6.36. The number of aromatic nitrogens is 4. The van der Waals surface area contributed by atoms with Gasteiger partial charge in [0.25, 0.3) is 12.0 Å². The first-order chi connectivity index (χ1) is 27.3. The number of alkyl halides is 2. The van der Waals surface area contributed by atoms with E-state index in [0.29, 0.717) is 46.5 Å². The molecule has 13 nitrogen and oxygen atoms in total. The molecule has 2 atom stereocenters. The number of halogens is 3. The van der Waals surface area contributed by atoms with Crippen LogP contribution in [0.2, 0.25) is 5.02 Å². The minimum atomic E-state index is -2.94. The van der Waals surface area contributed by atoms with E-state index in [4.69, 9.17) is 21.3 Å². The molecule has 3 aliphatic rings. The number of benzene rings is 2. The van der Waals surface area contributed by atoms with Gasteiger partial charge >= 0.3 is 11.7 Å². The highest BCUT2D eigenvalue weighted by Crippen LogP contribution is 2.47. The molecule has 1 aliphatic carbocycles. The van der Waals surface area contributed by atoms with E-state index in [-0.39, 0.29) is 40.9 Å². The molecule has 2 saturated heterocycles. The van der Waals surface area contributed by atoms with Crippen molar-refractivity contribution in [2.45, 2.75) is 50.6 Å². The predicted octanol–water partition coefficient (Wildman–Crippen LogP) is 5.85. The first-order valence-corrected chi connectivity index (χ1v) is 19.3. The second-order valence-corrected chi connectivity index (χ2v) is 15.5. The van der Waals surface area contributed by atoms with E-state index in [0.717, 1.165) is 76.2 Å². The van der Waals surface area contributed by atoms with Crippen molar-refractivity contribution in [2.24, 2.45) is 14.1 Å². The second kappa shape index (κ2) is 14.8. The number of β-amino-alcohol motifs (C(OH)–C–C–N with tert-alkyl or cyclic N) is 1. The number of nitrogens with zero attached hydrogens (tertiary/aromatic N) is 6. The summed E-state index contributed by atoms with van der Waals surface area (Å²) in [7, 11) is 4.37. The average Bonchev–Trinajstić information content (AvgIpc) is 3.82. The first kappa shape index (κ1) is 38.5. The van der Waals surface area contributed by atoms with Crippen LogP contribution in [0.25, 0.3) is 33.3 Å². The number of likely N-dealkylation sites (tertiary alicyclic amines) is 1. The van der Waals surface area contributed by atoms with Crippen LogP contribution in [-0.4, -0.2) is 85.5 Å². The zero-order valence-electron chi connectivity index (χ0n) is 32.0. The van der Waals surface area contributed by atoms with Crippen LogP contribution in [0, 0.1) is 6.92 Å². The molecule has 0 saturated carbocycles. The number of hydrogen-bond acceptors (Lipinski definition) is 9. The molecule has 5 heterocycles. The van der Waals surface area contributed by atoms with Crippen LogP contribution in [0.1, 0.15) is 54.1 Å². The molecule has 3 aromatic heterocycles. The Morgan fingerprint density at radius 3 is 2.51 bits per heavy atom. The molecule has 2 fully saturated rings. The largest absolute Gasteiger partial charge is 0.481 e. The minimum absolute atomic E-state index is 0.00304. The number of hydrogen-bond donors (Lipinski definition) is 3. The third-order valence-electron chi connectivity index (χ3n) is 11.9. The van der Waals surface area contributed by atoms with Gasteiger partial charge in [-0.25, -0.2) is 28.3 Å². The summed E-state index contributed by atoms with van der Waals surface area (Å²) in [5.74, 6) is 0.440. The van der Waals surface area contributed by atoms with E-state index in [1.54, 1.807) is 24.1 Å². The van der Waals surface area contributed by atoms with Crippen LogP contribution >= 0.6 is 11.6 Å². The smallest absolute Gasteiger partial charge is 0.330 e. The first-order valence-electron chi connectivity index (χ1n) is 18.9. The number of aryl methyl sites for hydroxylation is 2. The zero-order chi connectivity index (χ0) is 40.3. The fraction of sp³-hybridized carbons (Fsp3) is 0.390. The van der Waals surface area contributed by atoms with Gasteiger partial charge in [0.05, 0.1) is 35.5 Å². The summed E-state index contributed by atoms with van der Waals surface area (Å²) in [4.78, 5) is 52.0. The van der Waals surface area contributed by atoms with Crippen molar-refractivity contribution in [3.8, 4) is 28.3 Å². The number of urea groups is 1. The Morgan fingerprint density at radius 2 is 1.77 bits per heavy atom. The van der Waals surface area contributed by atoms with Crippen LogP contribution in [0.15, 0.2) is 58.1 Å². The molecule has 2 amide bonds. The molecule has 5 aromatic rings. The second-order valence-electron chi connectivity index (χ2n) is 15.1.